The average Bonchev–Trinajstić information content (AvgIpc) is 2.38. The van der Waals surface area contributed by atoms with Crippen molar-refractivity contribution in [2.75, 3.05) is 33.2 Å². The van der Waals surface area contributed by atoms with E-state index in [1.54, 1.807) is 0 Å². The predicted octanol–water partition coefficient (Wildman–Crippen LogP) is 1.92. The number of halogens is 1. The third kappa shape index (κ3) is 7.46. The van der Waals surface area contributed by atoms with E-state index in [2.05, 4.69) is 19.2 Å². The molecular formula is C16H26ClN3O. The molecule has 0 aliphatic rings. The van der Waals surface area contributed by atoms with Crippen molar-refractivity contribution in [1.29, 1.82) is 0 Å². The fraction of sp³-hybridized carbons (Fsp3) is 0.562. The standard InChI is InChI=1S/C16H26ClN3O/c1-16(2,11-18)12-20(3)10-15(21)19-8-7-13-5-4-6-14(17)9-13/h4-6,9H,7-8,10-12,18H2,1-3H3,(H,19,21). The molecule has 4 nitrogen and oxygen atoms in total. The van der Waals surface area contributed by atoms with Crippen molar-refractivity contribution >= 4 is 17.5 Å². The zero-order valence-electron chi connectivity index (χ0n) is 13.2. The molecule has 0 radical (unpaired) electrons. The molecule has 0 fully saturated rings. The van der Waals surface area contributed by atoms with Crippen molar-refractivity contribution in [2.24, 2.45) is 11.1 Å². The highest BCUT2D eigenvalue weighted by molar-refractivity contribution is 6.30. The minimum Gasteiger partial charge on any atom is -0.355 e. The van der Waals surface area contributed by atoms with Gasteiger partial charge in [0.15, 0.2) is 0 Å². The number of benzene rings is 1. The lowest BCUT2D eigenvalue weighted by Gasteiger charge is -2.28. The summed E-state index contributed by atoms with van der Waals surface area (Å²) in [7, 11) is 1.94. The van der Waals surface area contributed by atoms with E-state index >= 15 is 0 Å². The SMILES string of the molecule is CN(CC(=O)NCCc1cccc(Cl)c1)CC(C)(C)CN. The minimum absolute atomic E-state index is 0.0236. The molecule has 0 aliphatic heterocycles. The van der Waals surface area contributed by atoms with Gasteiger partial charge in [-0.05, 0) is 43.1 Å². The third-order valence-electron chi connectivity index (χ3n) is 3.29. The maximum Gasteiger partial charge on any atom is 0.234 e. The van der Waals surface area contributed by atoms with Crippen LogP contribution in [0.3, 0.4) is 0 Å². The Labute approximate surface area is 132 Å². The Morgan fingerprint density at radius 1 is 1.43 bits per heavy atom. The summed E-state index contributed by atoms with van der Waals surface area (Å²) in [6.07, 6.45) is 0.782. The fourth-order valence-corrected chi connectivity index (χ4v) is 2.40. The molecule has 21 heavy (non-hydrogen) atoms. The summed E-state index contributed by atoms with van der Waals surface area (Å²) in [5.41, 5.74) is 6.85. The van der Waals surface area contributed by atoms with Gasteiger partial charge in [0.05, 0.1) is 6.54 Å². The van der Waals surface area contributed by atoms with Crippen LogP contribution >= 0.6 is 11.6 Å². The van der Waals surface area contributed by atoms with E-state index in [9.17, 15) is 4.79 Å². The molecule has 0 atom stereocenters. The van der Waals surface area contributed by atoms with Crippen molar-refractivity contribution in [2.45, 2.75) is 20.3 Å². The van der Waals surface area contributed by atoms with Gasteiger partial charge >= 0.3 is 0 Å². The molecule has 0 unspecified atom stereocenters. The maximum absolute atomic E-state index is 11.9. The Hall–Kier alpha value is -1.10. The topological polar surface area (TPSA) is 58.4 Å². The second-order valence-corrected chi connectivity index (χ2v) is 6.71. The number of likely N-dealkylation sites (N-methyl/N-ethyl adjacent to an activating group) is 1. The van der Waals surface area contributed by atoms with Crippen LogP contribution in [0.25, 0.3) is 0 Å². The van der Waals surface area contributed by atoms with Crippen molar-refractivity contribution < 1.29 is 4.79 Å². The number of carbonyl (C=O) groups excluding carboxylic acids is 1. The molecule has 0 bridgehead atoms. The zero-order valence-corrected chi connectivity index (χ0v) is 13.9. The number of nitrogens with two attached hydrogens (primary N) is 1. The van der Waals surface area contributed by atoms with E-state index in [1.165, 1.54) is 0 Å². The predicted molar refractivity (Wildman–Crippen MR) is 88.5 cm³/mol. The van der Waals surface area contributed by atoms with E-state index < -0.39 is 0 Å². The smallest absolute Gasteiger partial charge is 0.234 e. The molecule has 0 saturated carbocycles. The van der Waals surface area contributed by atoms with Gasteiger partial charge in [-0.1, -0.05) is 37.6 Å². The number of amides is 1. The van der Waals surface area contributed by atoms with Gasteiger partial charge in [-0.2, -0.15) is 0 Å². The molecular weight excluding hydrogens is 286 g/mol. The van der Waals surface area contributed by atoms with Crippen LogP contribution in [0.15, 0.2) is 24.3 Å². The van der Waals surface area contributed by atoms with Crippen molar-refractivity contribution in [3.8, 4) is 0 Å². The Morgan fingerprint density at radius 2 is 2.14 bits per heavy atom. The number of rotatable bonds is 8. The van der Waals surface area contributed by atoms with Gasteiger partial charge in [0.25, 0.3) is 0 Å². The van der Waals surface area contributed by atoms with Gasteiger partial charge in [-0.15, -0.1) is 0 Å². The monoisotopic (exact) mass is 311 g/mol. The highest BCUT2D eigenvalue weighted by Gasteiger charge is 2.19. The second-order valence-electron chi connectivity index (χ2n) is 6.27. The quantitative estimate of drug-likeness (QED) is 0.771. The average molecular weight is 312 g/mol. The Bertz CT molecular complexity index is 463. The van der Waals surface area contributed by atoms with Gasteiger partial charge < -0.3 is 11.1 Å². The molecule has 1 aromatic carbocycles. The molecule has 118 valence electrons. The van der Waals surface area contributed by atoms with Gasteiger partial charge in [-0.25, -0.2) is 0 Å². The summed E-state index contributed by atoms with van der Waals surface area (Å²) in [5, 5.41) is 3.65. The molecule has 5 heteroatoms. The van der Waals surface area contributed by atoms with E-state index in [-0.39, 0.29) is 11.3 Å². The van der Waals surface area contributed by atoms with E-state index in [1.807, 2.05) is 36.2 Å². The van der Waals surface area contributed by atoms with Crippen LogP contribution in [0, 0.1) is 5.41 Å². The van der Waals surface area contributed by atoms with Crippen LogP contribution in [-0.4, -0.2) is 44.0 Å². The number of nitrogens with one attached hydrogen (secondary N) is 1. The molecule has 3 N–H and O–H groups in total. The number of hydrogen-bond donors (Lipinski definition) is 2. The minimum atomic E-state index is 0.0236. The summed E-state index contributed by atoms with van der Waals surface area (Å²) in [5.74, 6) is 0.0346. The third-order valence-corrected chi connectivity index (χ3v) is 3.52. The van der Waals surface area contributed by atoms with E-state index in [4.69, 9.17) is 17.3 Å². The Morgan fingerprint density at radius 3 is 2.76 bits per heavy atom. The lowest BCUT2D eigenvalue weighted by atomic mass is 9.93. The highest BCUT2D eigenvalue weighted by atomic mass is 35.5. The number of hydrogen-bond acceptors (Lipinski definition) is 3. The summed E-state index contributed by atoms with van der Waals surface area (Å²) >= 11 is 5.93. The van der Waals surface area contributed by atoms with Crippen LogP contribution in [0.1, 0.15) is 19.4 Å². The number of carbonyl (C=O) groups is 1. The first kappa shape index (κ1) is 18.0. The molecule has 1 aromatic rings. The van der Waals surface area contributed by atoms with Crippen LogP contribution in [0.4, 0.5) is 0 Å². The van der Waals surface area contributed by atoms with Crippen molar-refractivity contribution in [3.63, 3.8) is 0 Å². The van der Waals surface area contributed by atoms with Crippen molar-refractivity contribution in [1.82, 2.24) is 10.2 Å². The van der Waals surface area contributed by atoms with Gasteiger partial charge in [0.1, 0.15) is 0 Å². The first-order valence-corrected chi connectivity index (χ1v) is 7.60. The highest BCUT2D eigenvalue weighted by Crippen LogP contribution is 2.13. The Balaban J connectivity index is 2.28. The zero-order chi connectivity index (χ0) is 15.9. The van der Waals surface area contributed by atoms with Crippen LogP contribution < -0.4 is 11.1 Å². The summed E-state index contributed by atoms with van der Waals surface area (Å²) < 4.78 is 0. The van der Waals surface area contributed by atoms with Crippen LogP contribution in [0.5, 0.6) is 0 Å². The van der Waals surface area contributed by atoms with Gasteiger partial charge in [0.2, 0.25) is 5.91 Å². The molecule has 0 aromatic heterocycles. The van der Waals surface area contributed by atoms with Crippen LogP contribution in [-0.2, 0) is 11.2 Å². The normalized spacial score (nSPS) is 11.7. The molecule has 1 rings (SSSR count). The van der Waals surface area contributed by atoms with E-state index in [0.29, 0.717) is 19.6 Å². The molecule has 0 heterocycles. The fourth-order valence-electron chi connectivity index (χ4n) is 2.19. The largest absolute Gasteiger partial charge is 0.355 e. The molecule has 0 spiro atoms. The van der Waals surface area contributed by atoms with Crippen LogP contribution in [0.2, 0.25) is 5.02 Å². The van der Waals surface area contributed by atoms with Gasteiger partial charge in [0, 0.05) is 18.1 Å². The maximum atomic E-state index is 11.9. The lowest BCUT2D eigenvalue weighted by molar-refractivity contribution is -0.122. The molecule has 0 saturated heterocycles. The van der Waals surface area contributed by atoms with Crippen molar-refractivity contribution in [3.05, 3.63) is 34.9 Å². The Kier molecular flexibility index (Phi) is 7.15. The second kappa shape index (κ2) is 8.37. The number of nitrogens with zero attached hydrogens (tertiary/aromatic N) is 1. The summed E-state index contributed by atoms with van der Waals surface area (Å²) in [4.78, 5) is 13.9. The van der Waals surface area contributed by atoms with Gasteiger partial charge in [-0.3, -0.25) is 9.69 Å². The van der Waals surface area contributed by atoms with E-state index in [0.717, 1.165) is 23.6 Å². The summed E-state index contributed by atoms with van der Waals surface area (Å²) in [6.45, 7) is 6.60. The molecule has 0 aliphatic carbocycles. The summed E-state index contributed by atoms with van der Waals surface area (Å²) in [6, 6.07) is 7.69. The first-order valence-electron chi connectivity index (χ1n) is 7.22. The first-order chi connectivity index (χ1) is 9.82. The molecule has 1 amide bonds. The lowest BCUT2D eigenvalue weighted by Crippen LogP contribution is -2.42.